The van der Waals surface area contributed by atoms with Gasteiger partial charge in [0.1, 0.15) is 17.8 Å². The van der Waals surface area contributed by atoms with Crippen molar-refractivity contribution in [1.82, 2.24) is 14.8 Å². The summed E-state index contributed by atoms with van der Waals surface area (Å²) in [6.45, 7) is 8.22. The van der Waals surface area contributed by atoms with Crippen LogP contribution in [0.25, 0.3) is 0 Å². The highest BCUT2D eigenvalue weighted by Crippen LogP contribution is 2.45. The molecule has 4 rings (SSSR count). The number of aromatic nitrogens is 1. The minimum Gasteiger partial charge on any atom is -0.497 e. The molecule has 0 unspecified atom stereocenters. The Morgan fingerprint density at radius 2 is 1.72 bits per heavy atom. The molecule has 29 heavy (non-hydrogen) atoms. The SMILES string of the molecule is COc1ccc(OCc2nc(C(=O)N3C[C@]4(C)CN(C)C[C@@](C)(C3)C4)co2)cc1. The molecule has 2 saturated heterocycles. The topological polar surface area (TPSA) is 68.0 Å². The van der Waals surface area contributed by atoms with Crippen molar-refractivity contribution in [3.63, 3.8) is 0 Å². The van der Waals surface area contributed by atoms with Crippen molar-refractivity contribution >= 4 is 5.91 Å². The van der Waals surface area contributed by atoms with Gasteiger partial charge in [-0.15, -0.1) is 0 Å². The summed E-state index contributed by atoms with van der Waals surface area (Å²) >= 11 is 0. The number of hydrogen-bond donors (Lipinski definition) is 0. The molecule has 156 valence electrons. The maximum atomic E-state index is 13.1. The van der Waals surface area contributed by atoms with Crippen LogP contribution in [0, 0.1) is 10.8 Å². The number of nitrogens with zero attached hydrogens (tertiary/aromatic N) is 3. The Kier molecular flexibility index (Phi) is 5.02. The van der Waals surface area contributed by atoms with E-state index in [0.717, 1.165) is 38.3 Å². The Labute approximate surface area is 171 Å². The summed E-state index contributed by atoms with van der Waals surface area (Å²) in [4.78, 5) is 21.8. The highest BCUT2D eigenvalue weighted by Gasteiger charge is 2.48. The first-order valence-corrected chi connectivity index (χ1v) is 9.97. The number of rotatable bonds is 5. The number of benzene rings is 1. The third-order valence-corrected chi connectivity index (χ3v) is 5.78. The molecule has 1 aromatic carbocycles. The number of oxazole rings is 1. The molecule has 3 heterocycles. The molecule has 2 aliphatic heterocycles. The van der Waals surface area contributed by atoms with Gasteiger partial charge in [-0.2, -0.15) is 0 Å². The van der Waals surface area contributed by atoms with Gasteiger partial charge in [-0.05, 0) is 48.6 Å². The Bertz CT molecular complexity index is 860. The van der Waals surface area contributed by atoms with Crippen molar-refractivity contribution in [3.05, 3.63) is 42.1 Å². The van der Waals surface area contributed by atoms with Gasteiger partial charge in [0.25, 0.3) is 5.91 Å². The van der Waals surface area contributed by atoms with Gasteiger partial charge in [0, 0.05) is 26.2 Å². The molecule has 7 heteroatoms. The number of amides is 1. The minimum absolute atomic E-state index is 0.0637. The zero-order chi connectivity index (χ0) is 20.6. The van der Waals surface area contributed by atoms with E-state index in [-0.39, 0.29) is 23.3 Å². The van der Waals surface area contributed by atoms with Gasteiger partial charge < -0.3 is 23.7 Å². The number of carbonyl (C=O) groups is 1. The molecule has 1 amide bonds. The van der Waals surface area contributed by atoms with Gasteiger partial charge in [-0.1, -0.05) is 13.8 Å². The molecule has 0 saturated carbocycles. The fourth-order valence-corrected chi connectivity index (χ4v) is 5.29. The predicted octanol–water partition coefficient (Wildman–Crippen LogP) is 3.07. The van der Waals surface area contributed by atoms with Crippen LogP contribution in [0.1, 0.15) is 36.6 Å². The van der Waals surface area contributed by atoms with Crippen LogP contribution in [0.3, 0.4) is 0 Å². The normalized spacial score (nSPS) is 27.0. The molecule has 0 spiro atoms. The van der Waals surface area contributed by atoms with E-state index >= 15 is 0 Å². The summed E-state index contributed by atoms with van der Waals surface area (Å²) in [7, 11) is 3.79. The maximum Gasteiger partial charge on any atom is 0.275 e. The zero-order valence-corrected chi connectivity index (χ0v) is 17.6. The maximum absolute atomic E-state index is 13.1. The van der Waals surface area contributed by atoms with E-state index in [2.05, 4.69) is 30.8 Å². The van der Waals surface area contributed by atoms with Gasteiger partial charge in [0.2, 0.25) is 5.89 Å². The fraction of sp³-hybridized carbons (Fsp3) is 0.545. The Hall–Kier alpha value is -2.54. The average Bonchev–Trinajstić information content (AvgIpc) is 3.12. The smallest absolute Gasteiger partial charge is 0.275 e. The number of methoxy groups -OCH3 is 1. The van der Waals surface area contributed by atoms with Gasteiger partial charge in [-0.25, -0.2) is 4.98 Å². The molecule has 0 radical (unpaired) electrons. The van der Waals surface area contributed by atoms with Crippen molar-refractivity contribution in [1.29, 1.82) is 0 Å². The first kappa shape index (κ1) is 19.8. The molecular formula is C22H29N3O4. The number of ether oxygens (including phenoxy) is 2. The molecule has 0 aliphatic carbocycles. The molecule has 2 bridgehead atoms. The van der Waals surface area contributed by atoms with Crippen LogP contribution >= 0.6 is 0 Å². The van der Waals surface area contributed by atoms with Crippen molar-refractivity contribution in [3.8, 4) is 11.5 Å². The van der Waals surface area contributed by atoms with E-state index in [9.17, 15) is 4.79 Å². The average molecular weight is 399 g/mol. The molecular weight excluding hydrogens is 370 g/mol. The number of likely N-dealkylation sites (tertiary alicyclic amines) is 2. The summed E-state index contributed by atoms with van der Waals surface area (Å²) in [5.41, 5.74) is 0.568. The highest BCUT2D eigenvalue weighted by atomic mass is 16.5. The lowest BCUT2D eigenvalue weighted by atomic mass is 9.65. The van der Waals surface area contributed by atoms with Crippen LogP contribution in [0.4, 0.5) is 0 Å². The molecule has 2 atom stereocenters. The monoisotopic (exact) mass is 399 g/mol. The van der Waals surface area contributed by atoms with E-state index in [0.29, 0.717) is 17.3 Å². The molecule has 2 aliphatic rings. The Morgan fingerprint density at radius 1 is 1.10 bits per heavy atom. The van der Waals surface area contributed by atoms with Crippen LogP contribution in [-0.4, -0.2) is 61.0 Å². The van der Waals surface area contributed by atoms with E-state index in [1.807, 2.05) is 29.2 Å². The number of fused-ring (bicyclic) bond motifs is 2. The van der Waals surface area contributed by atoms with Crippen molar-refractivity contribution < 1.29 is 18.7 Å². The first-order chi connectivity index (χ1) is 13.8. The summed E-state index contributed by atoms with van der Waals surface area (Å²) in [5, 5.41) is 0. The second-order valence-electron chi connectivity index (χ2n) is 9.22. The van der Waals surface area contributed by atoms with Crippen LogP contribution < -0.4 is 9.47 Å². The van der Waals surface area contributed by atoms with E-state index < -0.39 is 0 Å². The third-order valence-electron chi connectivity index (χ3n) is 5.78. The zero-order valence-electron chi connectivity index (χ0n) is 17.6. The lowest BCUT2D eigenvalue weighted by molar-refractivity contribution is -0.0555. The molecule has 2 fully saturated rings. The Balaban J connectivity index is 1.40. The Morgan fingerprint density at radius 3 is 2.34 bits per heavy atom. The van der Waals surface area contributed by atoms with Crippen LogP contribution in [0.15, 0.2) is 34.9 Å². The second-order valence-corrected chi connectivity index (χ2v) is 9.22. The highest BCUT2D eigenvalue weighted by molar-refractivity contribution is 5.92. The van der Waals surface area contributed by atoms with E-state index in [1.54, 1.807) is 7.11 Å². The summed E-state index contributed by atoms with van der Waals surface area (Å²) in [6, 6.07) is 7.29. The van der Waals surface area contributed by atoms with E-state index in [4.69, 9.17) is 13.9 Å². The number of carbonyl (C=O) groups excluding carboxylic acids is 1. The number of hydrogen-bond acceptors (Lipinski definition) is 6. The standard InChI is InChI=1S/C22H29N3O4/c1-21-11-22(2,13-24(3)12-21)15-25(14-21)20(26)18-9-29-19(23-18)10-28-17-7-5-16(27-4)6-8-17/h5-9H,10-15H2,1-4H3/t21-,22-/m0/s1. The quantitative estimate of drug-likeness (QED) is 0.770. The number of piperidine rings is 2. The van der Waals surface area contributed by atoms with Gasteiger partial charge >= 0.3 is 0 Å². The lowest BCUT2D eigenvalue weighted by Crippen LogP contribution is -2.62. The van der Waals surface area contributed by atoms with Gasteiger partial charge in [0.15, 0.2) is 12.3 Å². The van der Waals surface area contributed by atoms with E-state index in [1.165, 1.54) is 6.26 Å². The second kappa shape index (κ2) is 7.37. The van der Waals surface area contributed by atoms with Gasteiger partial charge in [0.05, 0.1) is 7.11 Å². The van der Waals surface area contributed by atoms with Crippen molar-refractivity contribution in [2.45, 2.75) is 26.9 Å². The van der Waals surface area contributed by atoms with Crippen molar-refractivity contribution in [2.24, 2.45) is 10.8 Å². The first-order valence-electron chi connectivity index (χ1n) is 9.97. The third kappa shape index (κ3) is 4.24. The summed E-state index contributed by atoms with van der Waals surface area (Å²) in [6.07, 6.45) is 2.59. The lowest BCUT2D eigenvalue weighted by Gasteiger charge is -2.56. The molecule has 2 aromatic rings. The molecule has 0 N–H and O–H groups in total. The molecule has 7 nitrogen and oxygen atoms in total. The predicted molar refractivity (Wildman–Crippen MR) is 108 cm³/mol. The summed E-state index contributed by atoms with van der Waals surface area (Å²) < 4.78 is 16.3. The fourth-order valence-electron chi connectivity index (χ4n) is 5.29. The largest absolute Gasteiger partial charge is 0.497 e. The van der Waals surface area contributed by atoms with Crippen LogP contribution in [0.2, 0.25) is 0 Å². The van der Waals surface area contributed by atoms with Crippen molar-refractivity contribution in [2.75, 3.05) is 40.3 Å². The van der Waals surface area contributed by atoms with Gasteiger partial charge in [-0.3, -0.25) is 4.79 Å². The minimum atomic E-state index is -0.0637. The van der Waals surface area contributed by atoms with Crippen LogP contribution in [-0.2, 0) is 6.61 Å². The summed E-state index contributed by atoms with van der Waals surface area (Å²) in [5.74, 6) is 1.77. The molecule has 1 aromatic heterocycles. The van der Waals surface area contributed by atoms with Crippen LogP contribution in [0.5, 0.6) is 11.5 Å².